The molecule has 0 amide bonds. The highest BCUT2D eigenvalue weighted by molar-refractivity contribution is 9.10. The first-order chi connectivity index (χ1) is 17.4. The number of benzene rings is 2. The molecule has 6 aromatic rings. The lowest BCUT2D eigenvalue weighted by molar-refractivity contribution is 0.426. The van der Waals surface area contributed by atoms with Crippen molar-refractivity contribution in [1.82, 2.24) is 19.9 Å². The Balaban J connectivity index is 0.000000133. The summed E-state index contributed by atoms with van der Waals surface area (Å²) < 4.78 is 1.01. The molecular weight excluding hydrogens is 562 g/mol. The zero-order valence-corrected chi connectivity index (χ0v) is 21.8. The fourth-order valence-electron chi connectivity index (χ4n) is 3.29. The Morgan fingerprint density at radius 3 is 1.78 bits per heavy atom. The lowest BCUT2D eigenvalue weighted by atomic mass is 9.81. The molecule has 4 heterocycles. The number of rotatable bonds is 2. The highest BCUT2D eigenvalue weighted by Crippen LogP contribution is 2.23. The van der Waals surface area contributed by atoms with Gasteiger partial charge in [0.05, 0.1) is 0 Å². The molecule has 0 radical (unpaired) electrons. The van der Waals surface area contributed by atoms with E-state index in [0.717, 1.165) is 42.7 Å². The number of halogens is 3. The zero-order chi connectivity index (χ0) is 25.5. The molecular formula is C26H20BBrCl2N4O2. The van der Waals surface area contributed by atoms with Gasteiger partial charge in [-0.1, -0.05) is 47.5 Å². The second-order valence-electron chi connectivity index (χ2n) is 7.64. The summed E-state index contributed by atoms with van der Waals surface area (Å²) in [4.78, 5) is 14.6. The van der Waals surface area contributed by atoms with E-state index in [9.17, 15) is 0 Å². The molecule has 0 atom stereocenters. The van der Waals surface area contributed by atoms with E-state index in [0.29, 0.717) is 10.5 Å². The lowest BCUT2D eigenvalue weighted by Crippen LogP contribution is -2.29. The number of hydrogen-bond acceptors (Lipinski definition) is 4. The summed E-state index contributed by atoms with van der Waals surface area (Å²) in [5.41, 5.74) is 4.52. The molecule has 2 aromatic carbocycles. The quantitative estimate of drug-likeness (QED) is 0.182. The van der Waals surface area contributed by atoms with Crippen LogP contribution in [0.1, 0.15) is 0 Å². The summed E-state index contributed by atoms with van der Waals surface area (Å²) in [5, 5.41) is 20.8. The second-order valence-corrected chi connectivity index (χ2v) is 9.43. The van der Waals surface area contributed by atoms with Gasteiger partial charge in [-0.25, -0.2) is 9.97 Å². The Morgan fingerprint density at radius 1 is 0.667 bits per heavy atom. The standard InChI is InChI=1S/C13H9ClN2.C7H5BrN2.C6H6BClO2/c14-12-3-1-9(2-4-12)11-7-10-5-6-15-13(10)16-8-11;8-6-3-5-1-2-9-7(5)10-4-6;8-6-3-1-5(2-4-6)7(9)10/h1-8H,(H,15,16);1-4H,(H,9,10);1-4,9-10H. The van der Waals surface area contributed by atoms with Crippen LogP contribution in [0.2, 0.25) is 10.0 Å². The predicted octanol–water partition coefficient (Wildman–Crippen LogP) is 6.23. The number of aromatic nitrogens is 4. The molecule has 180 valence electrons. The first kappa shape index (κ1) is 25.9. The number of fused-ring (bicyclic) bond motifs is 2. The molecule has 0 aliphatic heterocycles. The van der Waals surface area contributed by atoms with Gasteiger partial charge in [-0.2, -0.15) is 0 Å². The lowest BCUT2D eigenvalue weighted by Gasteiger charge is -2.01. The molecule has 0 aliphatic rings. The molecule has 10 heteroatoms. The van der Waals surface area contributed by atoms with Gasteiger partial charge in [-0.15, -0.1) is 0 Å². The van der Waals surface area contributed by atoms with Gasteiger partial charge in [0.25, 0.3) is 0 Å². The van der Waals surface area contributed by atoms with Crippen LogP contribution in [0.5, 0.6) is 0 Å². The van der Waals surface area contributed by atoms with Crippen LogP contribution in [0.3, 0.4) is 0 Å². The first-order valence-electron chi connectivity index (χ1n) is 10.8. The van der Waals surface area contributed by atoms with Gasteiger partial charge in [0.1, 0.15) is 11.3 Å². The van der Waals surface area contributed by atoms with Gasteiger partial charge < -0.3 is 20.0 Å². The number of pyridine rings is 2. The molecule has 4 aromatic heterocycles. The van der Waals surface area contributed by atoms with Crippen LogP contribution in [0, 0.1) is 0 Å². The van der Waals surface area contributed by atoms with Crippen LogP contribution in [0.15, 0.2) is 102 Å². The Bertz CT molecular complexity index is 1550. The average molecular weight is 582 g/mol. The van der Waals surface area contributed by atoms with Crippen LogP contribution in [-0.4, -0.2) is 37.1 Å². The third-order valence-corrected chi connectivity index (χ3v) is 6.05. The smallest absolute Gasteiger partial charge is 0.423 e. The fourth-order valence-corrected chi connectivity index (χ4v) is 3.89. The van der Waals surface area contributed by atoms with Gasteiger partial charge in [0.2, 0.25) is 0 Å². The Kier molecular flexibility index (Phi) is 8.80. The van der Waals surface area contributed by atoms with Gasteiger partial charge in [0.15, 0.2) is 0 Å². The number of H-pyrrole nitrogens is 2. The van der Waals surface area contributed by atoms with Crippen LogP contribution >= 0.6 is 39.1 Å². The van der Waals surface area contributed by atoms with Crippen LogP contribution in [0.25, 0.3) is 33.2 Å². The number of aromatic amines is 2. The van der Waals surface area contributed by atoms with E-state index < -0.39 is 7.12 Å². The van der Waals surface area contributed by atoms with Crippen molar-refractivity contribution >= 4 is 73.8 Å². The third kappa shape index (κ3) is 6.97. The summed E-state index contributed by atoms with van der Waals surface area (Å²) in [5.74, 6) is 0. The van der Waals surface area contributed by atoms with Crippen LogP contribution in [-0.2, 0) is 0 Å². The zero-order valence-electron chi connectivity index (χ0n) is 18.7. The Hall–Kier alpha value is -3.14. The van der Waals surface area contributed by atoms with Crippen molar-refractivity contribution in [3.8, 4) is 11.1 Å². The average Bonchev–Trinajstić information content (AvgIpc) is 3.54. The maximum Gasteiger partial charge on any atom is 0.488 e. The first-order valence-corrected chi connectivity index (χ1v) is 12.3. The largest absolute Gasteiger partial charge is 0.488 e. The summed E-state index contributed by atoms with van der Waals surface area (Å²) in [6, 6.07) is 22.3. The summed E-state index contributed by atoms with van der Waals surface area (Å²) >= 11 is 14.7. The minimum Gasteiger partial charge on any atom is -0.423 e. The van der Waals surface area contributed by atoms with Crippen molar-refractivity contribution in [3.63, 3.8) is 0 Å². The molecule has 0 bridgehead atoms. The molecule has 6 rings (SSSR count). The minimum absolute atomic E-state index is 0.449. The molecule has 36 heavy (non-hydrogen) atoms. The van der Waals surface area contributed by atoms with Gasteiger partial charge in [-0.05, 0) is 75.5 Å². The molecule has 0 saturated heterocycles. The number of hydrogen-bond donors (Lipinski definition) is 4. The maximum atomic E-state index is 8.63. The summed E-state index contributed by atoms with van der Waals surface area (Å²) in [6.45, 7) is 0. The normalized spacial score (nSPS) is 10.4. The van der Waals surface area contributed by atoms with E-state index in [1.54, 1.807) is 30.5 Å². The highest BCUT2D eigenvalue weighted by Gasteiger charge is 2.08. The van der Waals surface area contributed by atoms with E-state index >= 15 is 0 Å². The van der Waals surface area contributed by atoms with Crippen molar-refractivity contribution in [2.24, 2.45) is 0 Å². The number of nitrogens with zero attached hydrogens (tertiary/aromatic N) is 2. The second kappa shape index (κ2) is 12.2. The topological polar surface area (TPSA) is 97.8 Å². The van der Waals surface area contributed by atoms with Crippen molar-refractivity contribution in [3.05, 3.63) is 112 Å². The van der Waals surface area contributed by atoms with E-state index in [2.05, 4.69) is 41.9 Å². The molecule has 6 nitrogen and oxygen atoms in total. The summed E-state index contributed by atoms with van der Waals surface area (Å²) in [6.07, 6.45) is 7.41. The molecule has 0 fully saturated rings. The predicted molar refractivity (Wildman–Crippen MR) is 152 cm³/mol. The van der Waals surface area contributed by atoms with E-state index in [1.165, 1.54) is 0 Å². The summed E-state index contributed by atoms with van der Waals surface area (Å²) in [7, 11) is -1.41. The highest BCUT2D eigenvalue weighted by atomic mass is 79.9. The third-order valence-electron chi connectivity index (χ3n) is 5.11. The van der Waals surface area contributed by atoms with Crippen LogP contribution in [0.4, 0.5) is 0 Å². The van der Waals surface area contributed by atoms with E-state index in [-0.39, 0.29) is 0 Å². The minimum atomic E-state index is -1.41. The van der Waals surface area contributed by atoms with Crippen molar-refractivity contribution < 1.29 is 10.0 Å². The molecule has 4 N–H and O–H groups in total. The maximum absolute atomic E-state index is 8.63. The van der Waals surface area contributed by atoms with Gasteiger partial charge in [0, 0.05) is 55.6 Å². The van der Waals surface area contributed by atoms with Gasteiger partial charge in [-0.3, -0.25) is 0 Å². The molecule has 0 aliphatic carbocycles. The monoisotopic (exact) mass is 580 g/mol. The Morgan fingerprint density at radius 2 is 1.19 bits per heavy atom. The van der Waals surface area contributed by atoms with Crippen molar-refractivity contribution in [1.29, 1.82) is 0 Å². The fraction of sp³-hybridized carbons (Fsp3) is 0. The molecule has 0 spiro atoms. The van der Waals surface area contributed by atoms with Gasteiger partial charge >= 0.3 is 7.12 Å². The molecule has 0 saturated carbocycles. The van der Waals surface area contributed by atoms with E-state index in [4.69, 9.17) is 33.2 Å². The molecule has 0 unspecified atom stereocenters. The number of nitrogens with one attached hydrogen (secondary N) is 2. The van der Waals surface area contributed by atoms with Crippen molar-refractivity contribution in [2.45, 2.75) is 0 Å². The SMILES string of the molecule is Brc1cnc2[nH]ccc2c1.Clc1ccc(-c2cnc3[nH]ccc3c2)cc1.OB(O)c1ccc(Cl)cc1. The Labute approximate surface area is 226 Å². The van der Waals surface area contributed by atoms with Crippen molar-refractivity contribution in [2.75, 3.05) is 0 Å². The van der Waals surface area contributed by atoms with Crippen LogP contribution < -0.4 is 5.46 Å². The van der Waals surface area contributed by atoms with E-state index in [1.807, 2.05) is 61.1 Å².